The fraction of sp³-hybridized carbons (Fsp3) is 0.583. The van der Waals surface area contributed by atoms with E-state index in [2.05, 4.69) is 10.4 Å². The number of aromatic nitrogens is 2. The average molecular weight is 251 g/mol. The van der Waals surface area contributed by atoms with Gasteiger partial charge in [0.15, 0.2) is 0 Å². The summed E-state index contributed by atoms with van der Waals surface area (Å²) in [4.78, 5) is 23.3. The molecule has 1 aliphatic heterocycles. The highest BCUT2D eigenvalue weighted by atomic mass is 16.5. The number of nitrogens with one attached hydrogen (secondary N) is 1. The molecule has 0 aromatic carbocycles. The number of hydrogen-bond acceptors (Lipinski definition) is 4. The Bertz CT molecular complexity index is 481. The summed E-state index contributed by atoms with van der Waals surface area (Å²) < 4.78 is 6.73. The maximum Gasteiger partial charge on any atom is 0.329 e. The fourth-order valence-electron chi connectivity index (χ4n) is 2.27. The first kappa shape index (κ1) is 12.6. The highest BCUT2D eigenvalue weighted by molar-refractivity contribution is 5.90. The fourth-order valence-corrected chi connectivity index (χ4v) is 2.27. The van der Waals surface area contributed by atoms with Crippen molar-refractivity contribution >= 4 is 11.9 Å². The van der Waals surface area contributed by atoms with Crippen molar-refractivity contribution < 1.29 is 14.3 Å². The quantitative estimate of drug-likeness (QED) is 0.782. The van der Waals surface area contributed by atoms with Gasteiger partial charge in [-0.1, -0.05) is 0 Å². The van der Waals surface area contributed by atoms with Crippen LogP contribution in [0.5, 0.6) is 0 Å². The normalized spacial score (nSPS) is 22.9. The van der Waals surface area contributed by atoms with Crippen molar-refractivity contribution in [2.45, 2.75) is 32.2 Å². The molecule has 1 N–H and O–H groups in total. The highest BCUT2D eigenvalue weighted by Gasteiger charge is 2.40. The summed E-state index contributed by atoms with van der Waals surface area (Å²) in [6, 6.07) is -0.597. The smallest absolute Gasteiger partial charge is 0.329 e. The summed E-state index contributed by atoms with van der Waals surface area (Å²) >= 11 is 0. The zero-order chi connectivity index (χ0) is 13.3. The molecule has 1 fully saturated rings. The summed E-state index contributed by atoms with van der Waals surface area (Å²) in [6.45, 7) is 3.98. The minimum Gasteiger partial charge on any atom is -0.464 e. The van der Waals surface area contributed by atoms with Crippen LogP contribution in [0, 0.1) is 6.92 Å². The number of rotatable bonds is 3. The van der Waals surface area contributed by atoms with E-state index in [0.29, 0.717) is 13.0 Å². The molecule has 2 atom stereocenters. The molecule has 2 unspecified atom stereocenters. The van der Waals surface area contributed by atoms with Crippen LogP contribution >= 0.6 is 0 Å². The van der Waals surface area contributed by atoms with Gasteiger partial charge in [0.05, 0.1) is 12.8 Å². The Morgan fingerprint density at radius 2 is 2.39 bits per heavy atom. The predicted octanol–water partition coefficient (Wildman–Crippen LogP) is 0.264. The number of carbonyl (C=O) groups excluding carboxylic acids is 2. The maximum absolute atomic E-state index is 11.8. The van der Waals surface area contributed by atoms with E-state index in [4.69, 9.17) is 4.74 Å². The van der Waals surface area contributed by atoms with Crippen molar-refractivity contribution in [3.8, 4) is 0 Å². The maximum atomic E-state index is 11.8. The molecule has 0 radical (unpaired) electrons. The molecule has 6 nitrogen and oxygen atoms in total. The minimum absolute atomic E-state index is 0.124. The molecule has 2 rings (SSSR count). The van der Waals surface area contributed by atoms with E-state index < -0.39 is 6.04 Å². The Balaban J connectivity index is 2.27. The lowest BCUT2D eigenvalue weighted by molar-refractivity contribution is -0.146. The summed E-state index contributed by atoms with van der Waals surface area (Å²) in [5.74, 6) is -0.692. The summed E-state index contributed by atoms with van der Waals surface area (Å²) in [6.07, 6.45) is 2.02. The summed E-state index contributed by atoms with van der Waals surface area (Å²) in [5, 5.41) is 6.82. The zero-order valence-corrected chi connectivity index (χ0v) is 10.8. The van der Waals surface area contributed by atoms with Crippen molar-refractivity contribution in [2.75, 3.05) is 6.61 Å². The van der Waals surface area contributed by atoms with E-state index in [1.165, 1.54) is 0 Å². The standard InChI is InChI=1S/C12H17N3O3/c1-4-18-12(17)11-8(5-10(16)14-11)9-6-13-15(3)7(9)2/h6,8,11H,4-5H2,1-3H3,(H,14,16). The summed E-state index contributed by atoms with van der Waals surface area (Å²) in [7, 11) is 1.84. The first-order valence-corrected chi connectivity index (χ1v) is 5.99. The Hall–Kier alpha value is -1.85. The van der Waals surface area contributed by atoms with Gasteiger partial charge in [0.2, 0.25) is 5.91 Å². The molecule has 2 heterocycles. The van der Waals surface area contributed by atoms with Crippen LogP contribution in [0.2, 0.25) is 0 Å². The molecule has 1 amide bonds. The van der Waals surface area contributed by atoms with Crippen LogP contribution in [0.3, 0.4) is 0 Å². The van der Waals surface area contributed by atoms with Crippen molar-refractivity contribution in [3.63, 3.8) is 0 Å². The van der Waals surface area contributed by atoms with Crippen LogP contribution in [-0.4, -0.2) is 34.3 Å². The third kappa shape index (κ3) is 2.10. The number of carbonyl (C=O) groups is 2. The van der Waals surface area contributed by atoms with Crippen molar-refractivity contribution in [3.05, 3.63) is 17.5 Å². The van der Waals surface area contributed by atoms with Gasteiger partial charge >= 0.3 is 5.97 Å². The van der Waals surface area contributed by atoms with Crippen molar-refractivity contribution in [1.29, 1.82) is 0 Å². The van der Waals surface area contributed by atoms with E-state index in [1.54, 1.807) is 17.8 Å². The predicted molar refractivity (Wildman–Crippen MR) is 63.9 cm³/mol. The molecule has 6 heteroatoms. The second kappa shape index (κ2) is 4.80. The van der Waals surface area contributed by atoms with Gasteiger partial charge in [0, 0.05) is 25.1 Å². The Labute approximate surface area is 105 Å². The lowest BCUT2D eigenvalue weighted by Crippen LogP contribution is -2.37. The largest absolute Gasteiger partial charge is 0.464 e. The lowest BCUT2D eigenvalue weighted by Gasteiger charge is -2.16. The molecule has 1 aromatic heterocycles. The van der Waals surface area contributed by atoms with E-state index in [9.17, 15) is 9.59 Å². The monoisotopic (exact) mass is 251 g/mol. The Morgan fingerprint density at radius 3 is 2.94 bits per heavy atom. The first-order chi connectivity index (χ1) is 8.54. The van der Waals surface area contributed by atoms with Crippen LogP contribution in [0.4, 0.5) is 0 Å². The number of hydrogen-bond donors (Lipinski definition) is 1. The summed E-state index contributed by atoms with van der Waals surface area (Å²) in [5.41, 5.74) is 1.89. The number of ether oxygens (including phenoxy) is 1. The van der Waals surface area contributed by atoms with E-state index in [0.717, 1.165) is 11.3 Å². The molecule has 0 bridgehead atoms. The Kier molecular flexibility index (Phi) is 3.36. The van der Waals surface area contributed by atoms with Gasteiger partial charge < -0.3 is 10.1 Å². The van der Waals surface area contributed by atoms with Crippen LogP contribution in [-0.2, 0) is 21.4 Å². The van der Waals surface area contributed by atoms with Gasteiger partial charge in [-0.3, -0.25) is 9.48 Å². The van der Waals surface area contributed by atoms with Crippen molar-refractivity contribution in [2.24, 2.45) is 7.05 Å². The third-order valence-corrected chi connectivity index (χ3v) is 3.34. The van der Waals surface area contributed by atoms with Crippen LogP contribution in [0.25, 0.3) is 0 Å². The zero-order valence-electron chi connectivity index (χ0n) is 10.8. The highest BCUT2D eigenvalue weighted by Crippen LogP contribution is 2.30. The Morgan fingerprint density at radius 1 is 1.67 bits per heavy atom. The van der Waals surface area contributed by atoms with E-state index >= 15 is 0 Å². The molecule has 0 saturated carbocycles. The van der Waals surface area contributed by atoms with Gasteiger partial charge in [0.1, 0.15) is 6.04 Å². The number of nitrogens with zero attached hydrogens (tertiary/aromatic N) is 2. The van der Waals surface area contributed by atoms with Gasteiger partial charge in [-0.25, -0.2) is 4.79 Å². The second-order valence-corrected chi connectivity index (χ2v) is 4.42. The molecule has 0 spiro atoms. The van der Waals surface area contributed by atoms with E-state index in [1.807, 2.05) is 14.0 Å². The lowest BCUT2D eigenvalue weighted by atomic mass is 9.92. The first-order valence-electron chi connectivity index (χ1n) is 5.99. The number of esters is 1. The second-order valence-electron chi connectivity index (χ2n) is 4.42. The van der Waals surface area contributed by atoms with Crippen LogP contribution in [0.15, 0.2) is 6.20 Å². The molecule has 98 valence electrons. The molecule has 18 heavy (non-hydrogen) atoms. The minimum atomic E-state index is -0.597. The van der Waals surface area contributed by atoms with Crippen LogP contribution < -0.4 is 5.32 Å². The molecular weight excluding hydrogens is 234 g/mol. The van der Waals surface area contributed by atoms with Crippen LogP contribution in [0.1, 0.15) is 30.5 Å². The molecule has 1 aromatic rings. The number of amides is 1. The third-order valence-electron chi connectivity index (χ3n) is 3.34. The average Bonchev–Trinajstić information content (AvgIpc) is 2.85. The SMILES string of the molecule is CCOC(=O)C1NC(=O)CC1c1cnn(C)c1C. The number of aryl methyl sites for hydroxylation is 1. The van der Waals surface area contributed by atoms with Gasteiger partial charge in [-0.15, -0.1) is 0 Å². The van der Waals surface area contributed by atoms with Crippen molar-refractivity contribution in [1.82, 2.24) is 15.1 Å². The van der Waals surface area contributed by atoms with Gasteiger partial charge in [-0.05, 0) is 19.4 Å². The molecule has 1 saturated heterocycles. The molecule has 0 aliphatic carbocycles. The topological polar surface area (TPSA) is 73.2 Å². The molecular formula is C12H17N3O3. The van der Waals surface area contributed by atoms with Gasteiger partial charge in [0.25, 0.3) is 0 Å². The van der Waals surface area contributed by atoms with Gasteiger partial charge in [-0.2, -0.15) is 5.10 Å². The molecule has 1 aliphatic rings. The van der Waals surface area contributed by atoms with E-state index in [-0.39, 0.29) is 17.8 Å².